The van der Waals surface area contributed by atoms with Gasteiger partial charge in [0.2, 0.25) is 5.91 Å². The molecule has 2 aliphatic heterocycles. The first kappa shape index (κ1) is 10.3. The molecule has 0 bridgehead atoms. The lowest BCUT2D eigenvalue weighted by Crippen LogP contribution is -2.26. The number of cyclic esters (lactones) is 1. The Kier molecular flexibility index (Phi) is 2.36. The van der Waals surface area contributed by atoms with Crippen LogP contribution in [0.15, 0.2) is 11.2 Å². The number of anilines is 2. The molecule has 88 valence electrons. The van der Waals surface area contributed by atoms with Crippen molar-refractivity contribution in [3.8, 4) is 0 Å². The molecule has 0 radical (unpaired) electrons. The molecule has 0 atom stereocenters. The zero-order valence-corrected chi connectivity index (χ0v) is 9.49. The summed E-state index contributed by atoms with van der Waals surface area (Å²) in [6.45, 7) is 0.798. The average Bonchev–Trinajstić information content (AvgIpc) is 2.74. The minimum absolute atomic E-state index is 0.113. The van der Waals surface area contributed by atoms with Gasteiger partial charge in [0.25, 0.3) is 0 Å². The largest absolute Gasteiger partial charge is 0.447 e. The maximum absolute atomic E-state index is 11.4. The van der Waals surface area contributed by atoms with Gasteiger partial charge < -0.3 is 10.1 Å². The highest BCUT2D eigenvalue weighted by Gasteiger charge is 2.27. The van der Waals surface area contributed by atoms with E-state index in [1.165, 1.54) is 22.9 Å². The number of hydrogen-bond donors (Lipinski definition) is 1. The third-order valence-corrected chi connectivity index (χ3v) is 3.34. The summed E-state index contributed by atoms with van der Waals surface area (Å²) in [5.74, 6) is 1.03. The Morgan fingerprint density at radius 3 is 3.12 bits per heavy atom. The van der Waals surface area contributed by atoms with Crippen molar-refractivity contribution in [2.45, 2.75) is 5.03 Å². The molecule has 1 aromatic heterocycles. The highest BCUT2D eigenvalue weighted by Crippen LogP contribution is 2.29. The van der Waals surface area contributed by atoms with E-state index in [1.807, 2.05) is 0 Å². The number of nitrogens with one attached hydrogen (secondary N) is 1. The lowest BCUT2D eigenvalue weighted by Gasteiger charge is -2.17. The van der Waals surface area contributed by atoms with Crippen molar-refractivity contribution in [1.29, 1.82) is 0 Å². The summed E-state index contributed by atoms with van der Waals surface area (Å²) in [4.78, 5) is 32.3. The maximum Gasteiger partial charge on any atom is 0.415 e. The van der Waals surface area contributed by atoms with Gasteiger partial charge in [-0.1, -0.05) is 11.8 Å². The summed E-state index contributed by atoms with van der Waals surface area (Å²) in [5, 5.41) is 3.29. The quantitative estimate of drug-likeness (QED) is 0.782. The van der Waals surface area contributed by atoms with Gasteiger partial charge in [0.05, 0.1) is 18.5 Å². The van der Waals surface area contributed by atoms with Crippen LogP contribution < -0.4 is 10.2 Å². The standard InChI is InChI=1S/C9H8N4O3S/c14-6-4-17-8-7(12-6)11-5(3-10-8)13-1-2-16-9(13)15/h3H,1-2,4H2,(H,11,12,14). The fourth-order valence-electron chi connectivity index (χ4n) is 1.59. The number of nitrogens with zero attached hydrogens (tertiary/aromatic N) is 3. The average molecular weight is 252 g/mol. The van der Waals surface area contributed by atoms with Gasteiger partial charge >= 0.3 is 6.09 Å². The van der Waals surface area contributed by atoms with Gasteiger partial charge in [-0.15, -0.1) is 0 Å². The zero-order chi connectivity index (χ0) is 11.8. The smallest absolute Gasteiger partial charge is 0.415 e. The lowest BCUT2D eigenvalue weighted by molar-refractivity contribution is -0.113. The zero-order valence-electron chi connectivity index (χ0n) is 8.67. The van der Waals surface area contributed by atoms with Crippen molar-refractivity contribution in [3.05, 3.63) is 6.20 Å². The summed E-state index contributed by atoms with van der Waals surface area (Å²) in [6.07, 6.45) is 1.07. The van der Waals surface area contributed by atoms with E-state index in [0.29, 0.717) is 35.6 Å². The van der Waals surface area contributed by atoms with Gasteiger partial charge in [0.1, 0.15) is 11.6 Å². The Labute approximate surface area is 101 Å². The van der Waals surface area contributed by atoms with Crippen LogP contribution in [0.25, 0.3) is 0 Å². The molecule has 7 nitrogen and oxygen atoms in total. The van der Waals surface area contributed by atoms with E-state index in [1.54, 1.807) is 0 Å². The molecule has 17 heavy (non-hydrogen) atoms. The molecule has 1 N–H and O–H groups in total. The molecular formula is C9H8N4O3S. The molecule has 8 heteroatoms. The number of rotatable bonds is 1. The van der Waals surface area contributed by atoms with Crippen LogP contribution >= 0.6 is 11.8 Å². The van der Waals surface area contributed by atoms with Gasteiger partial charge in [0.15, 0.2) is 11.6 Å². The lowest BCUT2D eigenvalue weighted by atomic mass is 10.5. The molecule has 0 unspecified atom stereocenters. The van der Waals surface area contributed by atoms with E-state index < -0.39 is 6.09 Å². The maximum atomic E-state index is 11.4. The molecule has 0 aliphatic carbocycles. The fraction of sp³-hybridized carbons (Fsp3) is 0.333. The Morgan fingerprint density at radius 1 is 1.47 bits per heavy atom. The molecule has 1 fully saturated rings. The fourth-order valence-corrected chi connectivity index (χ4v) is 2.29. The van der Waals surface area contributed by atoms with Crippen molar-refractivity contribution in [2.75, 3.05) is 29.1 Å². The first-order valence-electron chi connectivity index (χ1n) is 4.98. The number of amides is 2. The van der Waals surface area contributed by atoms with E-state index in [2.05, 4.69) is 15.3 Å². The van der Waals surface area contributed by atoms with Crippen LogP contribution in [0.4, 0.5) is 16.4 Å². The Hall–Kier alpha value is -1.83. The van der Waals surface area contributed by atoms with E-state index in [-0.39, 0.29) is 5.91 Å². The molecule has 0 spiro atoms. The van der Waals surface area contributed by atoms with Crippen molar-refractivity contribution < 1.29 is 14.3 Å². The molecular weight excluding hydrogens is 244 g/mol. The molecule has 0 saturated carbocycles. The van der Waals surface area contributed by atoms with Gasteiger partial charge in [-0.2, -0.15) is 0 Å². The summed E-state index contributed by atoms with van der Waals surface area (Å²) in [5.41, 5.74) is 0. The molecule has 1 saturated heterocycles. The predicted molar refractivity (Wildman–Crippen MR) is 60.1 cm³/mol. The second-order valence-electron chi connectivity index (χ2n) is 3.48. The Bertz CT molecular complexity index is 507. The van der Waals surface area contributed by atoms with Gasteiger partial charge in [-0.05, 0) is 0 Å². The van der Waals surface area contributed by atoms with Crippen LogP contribution in [-0.4, -0.2) is 40.9 Å². The highest BCUT2D eigenvalue weighted by molar-refractivity contribution is 8.00. The van der Waals surface area contributed by atoms with Gasteiger partial charge in [-0.25, -0.2) is 14.8 Å². The number of carbonyl (C=O) groups is 2. The van der Waals surface area contributed by atoms with Crippen LogP contribution in [0.1, 0.15) is 0 Å². The van der Waals surface area contributed by atoms with Crippen LogP contribution in [0, 0.1) is 0 Å². The normalized spacial score (nSPS) is 18.7. The highest BCUT2D eigenvalue weighted by atomic mass is 32.2. The van der Waals surface area contributed by atoms with Crippen molar-refractivity contribution in [2.24, 2.45) is 0 Å². The number of hydrogen-bond acceptors (Lipinski definition) is 6. The summed E-state index contributed by atoms with van der Waals surface area (Å²) < 4.78 is 4.81. The molecule has 0 aromatic carbocycles. The number of carbonyl (C=O) groups excluding carboxylic acids is 2. The van der Waals surface area contributed by atoms with Crippen LogP contribution in [0.5, 0.6) is 0 Å². The molecule has 2 aliphatic rings. The number of aromatic nitrogens is 2. The van der Waals surface area contributed by atoms with Crippen molar-refractivity contribution in [3.63, 3.8) is 0 Å². The predicted octanol–water partition coefficient (Wildman–Crippen LogP) is 0.477. The monoisotopic (exact) mass is 252 g/mol. The summed E-state index contributed by atoms with van der Waals surface area (Å²) in [7, 11) is 0. The first-order chi connectivity index (χ1) is 8.24. The molecule has 3 heterocycles. The Morgan fingerprint density at radius 2 is 2.35 bits per heavy atom. The SMILES string of the molecule is O=C1CSc2ncc(N3CCOC3=O)nc2N1. The van der Waals surface area contributed by atoms with Crippen molar-refractivity contribution >= 4 is 35.4 Å². The second-order valence-corrected chi connectivity index (χ2v) is 4.45. The Balaban J connectivity index is 1.94. The van der Waals surface area contributed by atoms with E-state index in [9.17, 15) is 9.59 Å². The topological polar surface area (TPSA) is 84.4 Å². The number of ether oxygens (including phenoxy) is 1. The first-order valence-corrected chi connectivity index (χ1v) is 5.96. The molecule has 2 amide bonds. The van der Waals surface area contributed by atoms with Crippen molar-refractivity contribution in [1.82, 2.24) is 9.97 Å². The van der Waals surface area contributed by atoms with E-state index in [0.717, 1.165) is 0 Å². The number of thioether (sulfide) groups is 1. The minimum atomic E-state index is -0.436. The van der Waals surface area contributed by atoms with Crippen LogP contribution in [0.3, 0.4) is 0 Å². The number of fused-ring (bicyclic) bond motifs is 1. The molecule has 3 rings (SSSR count). The summed E-state index contributed by atoms with van der Waals surface area (Å²) in [6, 6.07) is 0. The third-order valence-electron chi connectivity index (χ3n) is 2.36. The van der Waals surface area contributed by atoms with Crippen LogP contribution in [0.2, 0.25) is 0 Å². The summed E-state index contributed by atoms with van der Waals surface area (Å²) >= 11 is 1.33. The van der Waals surface area contributed by atoms with Gasteiger partial charge in [0, 0.05) is 0 Å². The second kappa shape index (κ2) is 3.88. The van der Waals surface area contributed by atoms with E-state index >= 15 is 0 Å². The van der Waals surface area contributed by atoms with E-state index in [4.69, 9.17) is 4.74 Å². The van der Waals surface area contributed by atoms with Gasteiger partial charge in [-0.3, -0.25) is 9.69 Å². The van der Waals surface area contributed by atoms with Crippen LogP contribution in [-0.2, 0) is 9.53 Å². The third kappa shape index (κ3) is 1.80. The molecule has 1 aromatic rings. The minimum Gasteiger partial charge on any atom is -0.447 e.